The fourth-order valence-electron chi connectivity index (χ4n) is 2.73. The van der Waals surface area contributed by atoms with Gasteiger partial charge < -0.3 is 14.5 Å². The highest BCUT2D eigenvalue weighted by molar-refractivity contribution is 7.91. The summed E-state index contributed by atoms with van der Waals surface area (Å²) < 4.78 is 36.8. The molecule has 3 rings (SSSR count). The second-order valence-electron chi connectivity index (χ2n) is 6.46. The second kappa shape index (κ2) is 10.0. The van der Waals surface area contributed by atoms with Gasteiger partial charge in [-0.3, -0.25) is 10.1 Å². The van der Waals surface area contributed by atoms with Crippen LogP contribution in [0.2, 0.25) is 0 Å². The number of aromatic nitrogens is 1. The molecular weight excluding hydrogens is 422 g/mol. The highest BCUT2D eigenvalue weighted by Crippen LogP contribution is 2.29. The molecule has 1 aromatic heterocycles. The maximum Gasteiger partial charge on any atom is 0.270 e. The van der Waals surface area contributed by atoms with Crippen LogP contribution in [0.1, 0.15) is 17.9 Å². The highest BCUT2D eigenvalue weighted by Gasteiger charge is 2.27. The Morgan fingerprint density at radius 2 is 1.94 bits per heavy atom. The van der Waals surface area contributed by atoms with Gasteiger partial charge in [0.25, 0.3) is 5.69 Å². The molecule has 3 aromatic rings. The average Bonchev–Trinajstić information content (AvgIpc) is 3.20. The Hall–Kier alpha value is -3.50. The number of nitro benzene ring substituents is 1. The van der Waals surface area contributed by atoms with Crippen molar-refractivity contribution in [2.24, 2.45) is 0 Å². The van der Waals surface area contributed by atoms with Gasteiger partial charge in [-0.2, -0.15) is 4.98 Å². The lowest BCUT2D eigenvalue weighted by Crippen LogP contribution is -2.09. The standard InChI is InChI=1S/C21H21N3O6S/c1-29-14-6-13-22-20-21(31(27,28)18-9-3-2-4-10-18)23-19(30-20)12-11-16-7-5-8-17(15-16)24(25)26/h2-5,7-12,15,22H,6,13-14H2,1H3. The third kappa shape index (κ3) is 5.56. The lowest BCUT2D eigenvalue weighted by atomic mass is 10.2. The summed E-state index contributed by atoms with van der Waals surface area (Å²) in [6, 6.07) is 14.0. The summed E-state index contributed by atoms with van der Waals surface area (Å²) in [5, 5.41) is 13.7. The number of benzene rings is 2. The zero-order chi connectivity index (χ0) is 22.3. The van der Waals surface area contributed by atoms with Gasteiger partial charge in [-0.25, -0.2) is 8.42 Å². The van der Waals surface area contributed by atoms with Crippen molar-refractivity contribution in [3.8, 4) is 0 Å². The number of nitro groups is 1. The minimum Gasteiger partial charge on any atom is -0.420 e. The van der Waals surface area contributed by atoms with E-state index < -0.39 is 14.8 Å². The maximum atomic E-state index is 13.1. The molecule has 0 saturated carbocycles. The number of ether oxygens (including phenoxy) is 1. The molecule has 1 heterocycles. The first kappa shape index (κ1) is 22.2. The van der Waals surface area contributed by atoms with Gasteiger partial charge in [-0.15, -0.1) is 0 Å². The summed E-state index contributed by atoms with van der Waals surface area (Å²) in [4.78, 5) is 14.7. The van der Waals surface area contributed by atoms with Crippen LogP contribution in [0.5, 0.6) is 0 Å². The molecule has 10 heteroatoms. The number of non-ortho nitro benzene ring substituents is 1. The molecule has 0 unspecified atom stereocenters. The molecule has 0 aliphatic rings. The first-order valence-corrected chi connectivity index (χ1v) is 10.9. The molecule has 0 bridgehead atoms. The van der Waals surface area contributed by atoms with Crippen LogP contribution in [0.15, 0.2) is 68.9 Å². The Morgan fingerprint density at radius 3 is 2.65 bits per heavy atom. The predicted molar refractivity (Wildman–Crippen MR) is 115 cm³/mol. The van der Waals surface area contributed by atoms with Crippen molar-refractivity contribution in [3.05, 3.63) is 76.2 Å². The predicted octanol–water partition coefficient (Wildman–Crippen LogP) is 4.03. The SMILES string of the molecule is COCCCNc1oc(C=Cc2cccc([N+](=O)[O-])c2)nc1S(=O)(=O)c1ccccc1. The van der Waals surface area contributed by atoms with Gasteiger partial charge >= 0.3 is 0 Å². The lowest BCUT2D eigenvalue weighted by molar-refractivity contribution is -0.384. The summed E-state index contributed by atoms with van der Waals surface area (Å²) in [5.74, 6) is 0.0777. The first-order chi connectivity index (χ1) is 14.9. The molecule has 0 spiro atoms. The van der Waals surface area contributed by atoms with Crippen LogP contribution in [0.25, 0.3) is 12.2 Å². The van der Waals surface area contributed by atoms with E-state index in [-0.39, 0.29) is 27.4 Å². The zero-order valence-electron chi connectivity index (χ0n) is 16.7. The molecule has 0 saturated heterocycles. The average molecular weight is 443 g/mol. The number of hydrogen-bond donors (Lipinski definition) is 1. The third-order valence-corrected chi connectivity index (χ3v) is 5.91. The normalized spacial score (nSPS) is 11.6. The maximum absolute atomic E-state index is 13.1. The van der Waals surface area contributed by atoms with Gasteiger partial charge in [0.2, 0.25) is 26.6 Å². The Bertz CT molecular complexity index is 1170. The number of sulfone groups is 1. The molecule has 0 radical (unpaired) electrons. The Morgan fingerprint density at radius 1 is 1.16 bits per heavy atom. The van der Waals surface area contributed by atoms with E-state index in [1.165, 1.54) is 30.3 Å². The molecule has 0 aliphatic carbocycles. The minimum atomic E-state index is -3.91. The molecule has 31 heavy (non-hydrogen) atoms. The van der Waals surface area contributed by atoms with Crippen LogP contribution in [0.4, 0.5) is 11.6 Å². The quantitative estimate of drug-likeness (QED) is 0.283. The summed E-state index contributed by atoms with van der Waals surface area (Å²) in [5.41, 5.74) is 0.497. The summed E-state index contributed by atoms with van der Waals surface area (Å²) in [6.07, 6.45) is 3.66. The van der Waals surface area contributed by atoms with E-state index in [9.17, 15) is 18.5 Å². The van der Waals surface area contributed by atoms with Gasteiger partial charge in [-0.1, -0.05) is 30.3 Å². The van der Waals surface area contributed by atoms with Crippen LogP contribution in [-0.2, 0) is 14.6 Å². The number of hydrogen-bond acceptors (Lipinski definition) is 8. The van der Waals surface area contributed by atoms with Gasteiger partial charge in [0, 0.05) is 38.5 Å². The van der Waals surface area contributed by atoms with Crippen molar-refractivity contribution < 1.29 is 22.5 Å². The van der Waals surface area contributed by atoms with E-state index >= 15 is 0 Å². The molecule has 0 amide bonds. The van der Waals surface area contributed by atoms with Crippen molar-refractivity contribution >= 4 is 33.6 Å². The number of nitrogens with zero attached hydrogens (tertiary/aromatic N) is 2. The highest BCUT2D eigenvalue weighted by atomic mass is 32.2. The van der Waals surface area contributed by atoms with E-state index in [0.29, 0.717) is 25.1 Å². The largest absolute Gasteiger partial charge is 0.420 e. The fourth-order valence-corrected chi connectivity index (χ4v) is 4.03. The molecule has 0 atom stereocenters. The van der Waals surface area contributed by atoms with Crippen LogP contribution in [0.3, 0.4) is 0 Å². The van der Waals surface area contributed by atoms with Gasteiger partial charge in [0.1, 0.15) is 0 Å². The van der Waals surface area contributed by atoms with E-state index in [1.54, 1.807) is 43.5 Å². The van der Waals surface area contributed by atoms with Gasteiger partial charge in [0.05, 0.1) is 9.82 Å². The monoisotopic (exact) mass is 443 g/mol. The number of anilines is 1. The Balaban J connectivity index is 1.93. The Kier molecular flexibility index (Phi) is 7.16. The van der Waals surface area contributed by atoms with E-state index in [1.807, 2.05) is 0 Å². The number of nitrogens with one attached hydrogen (secondary N) is 1. The van der Waals surface area contributed by atoms with Gasteiger partial charge in [-0.05, 0) is 30.2 Å². The Labute approximate surface area is 179 Å². The number of rotatable bonds is 10. The van der Waals surface area contributed by atoms with Crippen molar-refractivity contribution in [3.63, 3.8) is 0 Å². The first-order valence-electron chi connectivity index (χ1n) is 9.38. The summed E-state index contributed by atoms with van der Waals surface area (Å²) in [7, 11) is -2.33. The van der Waals surface area contributed by atoms with Crippen LogP contribution >= 0.6 is 0 Å². The molecule has 1 N–H and O–H groups in total. The van der Waals surface area contributed by atoms with Gasteiger partial charge in [0.15, 0.2) is 0 Å². The van der Waals surface area contributed by atoms with Crippen LogP contribution < -0.4 is 5.32 Å². The van der Waals surface area contributed by atoms with Crippen molar-refractivity contribution in [2.45, 2.75) is 16.3 Å². The molecule has 2 aromatic carbocycles. The van der Waals surface area contributed by atoms with E-state index in [0.717, 1.165) is 0 Å². The topological polar surface area (TPSA) is 125 Å². The van der Waals surface area contributed by atoms with E-state index in [2.05, 4.69) is 10.3 Å². The molecule has 0 fully saturated rings. The molecule has 9 nitrogen and oxygen atoms in total. The smallest absolute Gasteiger partial charge is 0.270 e. The number of oxazole rings is 1. The van der Waals surface area contributed by atoms with E-state index in [4.69, 9.17) is 9.15 Å². The van der Waals surface area contributed by atoms with Crippen molar-refractivity contribution in [2.75, 3.05) is 25.6 Å². The molecule has 162 valence electrons. The lowest BCUT2D eigenvalue weighted by Gasteiger charge is -2.05. The number of methoxy groups -OCH3 is 1. The minimum absolute atomic E-state index is 0.0265. The summed E-state index contributed by atoms with van der Waals surface area (Å²) in [6.45, 7) is 0.926. The molecule has 0 aliphatic heterocycles. The third-order valence-electron chi connectivity index (χ3n) is 4.23. The molecular formula is C21H21N3O6S. The van der Waals surface area contributed by atoms with Crippen molar-refractivity contribution in [1.29, 1.82) is 0 Å². The second-order valence-corrected chi connectivity index (χ2v) is 8.33. The fraction of sp³-hybridized carbons (Fsp3) is 0.190. The van der Waals surface area contributed by atoms with Crippen LogP contribution in [0, 0.1) is 10.1 Å². The van der Waals surface area contributed by atoms with Crippen molar-refractivity contribution in [1.82, 2.24) is 4.98 Å². The summed E-state index contributed by atoms with van der Waals surface area (Å²) >= 11 is 0. The zero-order valence-corrected chi connectivity index (χ0v) is 17.5. The van der Waals surface area contributed by atoms with Crippen LogP contribution in [-0.4, -0.2) is 38.6 Å².